The molecule has 0 saturated heterocycles. The first kappa shape index (κ1) is 22.9. The fraction of sp³-hybridized carbons (Fsp3) is 0.833. The van der Waals surface area contributed by atoms with Gasteiger partial charge in [-0.15, -0.1) is 0 Å². The van der Waals surface area contributed by atoms with Crippen molar-refractivity contribution < 1.29 is 9.90 Å². The van der Waals surface area contributed by atoms with Gasteiger partial charge in [-0.3, -0.25) is 4.79 Å². The van der Waals surface area contributed by atoms with Crippen LogP contribution in [0.4, 0.5) is 0 Å². The first-order valence-corrected chi connectivity index (χ1v) is 8.64. The lowest BCUT2D eigenvalue weighted by Crippen LogP contribution is -1.93. The maximum absolute atomic E-state index is 10.3. The van der Waals surface area contributed by atoms with Crippen molar-refractivity contribution in [2.75, 3.05) is 0 Å². The topological polar surface area (TPSA) is 37.3 Å². The molecule has 0 aromatic carbocycles. The summed E-state index contributed by atoms with van der Waals surface area (Å²) >= 11 is 0. The van der Waals surface area contributed by atoms with Crippen molar-refractivity contribution in [3.8, 4) is 0 Å². The van der Waals surface area contributed by atoms with Crippen LogP contribution in [0.25, 0.3) is 0 Å². The van der Waals surface area contributed by atoms with E-state index in [-0.39, 0.29) is 9.90 Å². The lowest BCUT2D eigenvalue weighted by Gasteiger charge is -1.99. The molecule has 0 spiro atoms. The minimum atomic E-state index is -0.664. The third kappa shape index (κ3) is 22.1. The van der Waals surface area contributed by atoms with Crippen molar-refractivity contribution in [2.45, 2.75) is 96.8 Å². The number of allylic oxidation sites excluding steroid dienone is 2. The van der Waals surface area contributed by atoms with Crippen LogP contribution in [-0.2, 0) is 4.79 Å². The molecule has 0 amide bonds. The number of hydrogen-bond acceptors (Lipinski definition) is 1. The molecule has 0 aliphatic heterocycles. The predicted octanol–water partition coefficient (Wildman–Crippen LogP) is 6.17. The Bertz CT molecular complexity index is 239. The molecule has 0 aromatic rings. The third-order valence-electron chi connectivity index (χ3n) is 3.65. The molecule has 0 bridgehead atoms. The van der Waals surface area contributed by atoms with Crippen LogP contribution in [-0.4, -0.2) is 11.1 Å². The van der Waals surface area contributed by atoms with Crippen molar-refractivity contribution in [1.29, 1.82) is 0 Å². The number of hydrogen-bond donors (Lipinski definition) is 1. The second kappa shape index (κ2) is 19.6. The lowest BCUT2D eigenvalue weighted by atomic mass is 10.1. The zero-order chi connectivity index (χ0) is 14.9. The lowest BCUT2D eigenvalue weighted by molar-refractivity contribution is -0.137. The summed E-state index contributed by atoms with van der Waals surface area (Å²) in [5.74, 6) is -0.664. The van der Waals surface area contributed by atoms with Crippen LogP contribution in [0.15, 0.2) is 12.2 Å². The quantitative estimate of drug-likeness (QED) is 0.223. The third-order valence-corrected chi connectivity index (χ3v) is 3.65. The van der Waals surface area contributed by atoms with Crippen molar-refractivity contribution in [2.24, 2.45) is 0 Å². The van der Waals surface area contributed by atoms with Crippen LogP contribution < -0.4 is 0 Å². The molecule has 126 valence electrons. The van der Waals surface area contributed by atoms with E-state index in [1.54, 1.807) is 0 Å². The number of carbonyl (C=O) groups is 1. The smallest absolute Gasteiger partial charge is 0.303 e. The van der Waals surface area contributed by atoms with E-state index in [0.29, 0.717) is 6.42 Å². The Balaban J connectivity index is 0. The van der Waals surface area contributed by atoms with Gasteiger partial charge in [0.25, 0.3) is 0 Å². The van der Waals surface area contributed by atoms with Crippen LogP contribution in [0.3, 0.4) is 0 Å². The fourth-order valence-electron chi connectivity index (χ4n) is 2.35. The van der Waals surface area contributed by atoms with Gasteiger partial charge in [-0.25, -0.2) is 0 Å². The first-order chi connectivity index (χ1) is 9.77. The minimum absolute atomic E-state index is 0. The Morgan fingerprint density at radius 1 is 0.762 bits per heavy atom. The standard InChI is InChI=1S/C18H34O2.H3P/c1-2-3-4-5-6-7-8-9-10-11-12-13-14-15-16-17-18(19)20;/h9-10H,2-8,11-17H2,1H3,(H,19,20);1H3/b10-9-;. The van der Waals surface area contributed by atoms with Crippen molar-refractivity contribution in [3.63, 3.8) is 0 Å². The molecule has 0 aliphatic carbocycles. The summed E-state index contributed by atoms with van der Waals surface area (Å²) in [7, 11) is 0. The normalized spacial score (nSPS) is 10.7. The summed E-state index contributed by atoms with van der Waals surface area (Å²) in [4.78, 5) is 10.3. The van der Waals surface area contributed by atoms with E-state index < -0.39 is 5.97 Å². The van der Waals surface area contributed by atoms with Gasteiger partial charge in [-0.2, -0.15) is 9.90 Å². The Morgan fingerprint density at radius 2 is 1.19 bits per heavy atom. The van der Waals surface area contributed by atoms with Gasteiger partial charge in [0.15, 0.2) is 0 Å². The summed E-state index contributed by atoms with van der Waals surface area (Å²) in [5.41, 5.74) is 0. The van der Waals surface area contributed by atoms with Gasteiger partial charge in [0.05, 0.1) is 0 Å². The van der Waals surface area contributed by atoms with E-state index in [4.69, 9.17) is 5.11 Å². The average molecular weight is 316 g/mol. The molecule has 0 radical (unpaired) electrons. The minimum Gasteiger partial charge on any atom is -0.481 e. The molecule has 1 N–H and O–H groups in total. The molecule has 1 unspecified atom stereocenters. The monoisotopic (exact) mass is 316 g/mol. The highest BCUT2D eigenvalue weighted by Gasteiger charge is 1.95. The van der Waals surface area contributed by atoms with E-state index in [0.717, 1.165) is 12.8 Å². The number of unbranched alkanes of at least 4 members (excludes halogenated alkanes) is 11. The first-order valence-electron chi connectivity index (χ1n) is 8.64. The summed E-state index contributed by atoms with van der Waals surface area (Å²) in [6.45, 7) is 2.26. The highest BCUT2D eigenvalue weighted by Crippen LogP contribution is 2.09. The Morgan fingerprint density at radius 3 is 1.67 bits per heavy atom. The molecular formula is C18H37O2P. The molecule has 0 aliphatic rings. The zero-order valence-electron chi connectivity index (χ0n) is 14.1. The van der Waals surface area contributed by atoms with E-state index in [1.165, 1.54) is 70.6 Å². The summed E-state index contributed by atoms with van der Waals surface area (Å²) in [5, 5.41) is 8.51. The van der Waals surface area contributed by atoms with Gasteiger partial charge < -0.3 is 5.11 Å². The Kier molecular flexibility index (Phi) is 21.4. The summed E-state index contributed by atoms with van der Waals surface area (Å²) in [6.07, 6.45) is 21.2. The van der Waals surface area contributed by atoms with Gasteiger partial charge in [0.1, 0.15) is 0 Å². The molecule has 0 heterocycles. The molecule has 21 heavy (non-hydrogen) atoms. The van der Waals surface area contributed by atoms with Crippen molar-refractivity contribution in [3.05, 3.63) is 12.2 Å². The number of rotatable bonds is 15. The Hall–Kier alpha value is -0.360. The van der Waals surface area contributed by atoms with Gasteiger partial charge in [0.2, 0.25) is 0 Å². The number of carboxylic acid groups (broad SMARTS) is 1. The maximum Gasteiger partial charge on any atom is 0.303 e. The molecule has 0 saturated carbocycles. The van der Waals surface area contributed by atoms with Gasteiger partial charge >= 0.3 is 5.97 Å². The average Bonchev–Trinajstić information content (AvgIpc) is 2.43. The van der Waals surface area contributed by atoms with Crippen LogP contribution >= 0.6 is 9.90 Å². The number of carboxylic acids is 1. The van der Waals surface area contributed by atoms with Crippen LogP contribution in [0, 0.1) is 0 Å². The largest absolute Gasteiger partial charge is 0.481 e. The molecule has 0 aromatic heterocycles. The van der Waals surface area contributed by atoms with E-state index >= 15 is 0 Å². The van der Waals surface area contributed by atoms with E-state index in [2.05, 4.69) is 19.1 Å². The van der Waals surface area contributed by atoms with E-state index in [9.17, 15) is 4.79 Å². The molecule has 0 fully saturated rings. The number of aliphatic carboxylic acids is 1. The van der Waals surface area contributed by atoms with Crippen LogP contribution in [0.2, 0.25) is 0 Å². The molecule has 0 rings (SSSR count). The SMILES string of the molecule is CCCCCCCC/C=C\CCCCCCCC(=O)O.P. The summed E-state index contributed by atoms with van der Waals surface area (Å²) in [6, 6.07) is 0. The predicted molar refractivity (Wildman–Crippen MR) is 98.2 cm³/mol. The van der Waals surface area contributed by atoms with Crippen molar-refractivity contribution >= 4 is 15.9 Å². The Labute approximate surface area is 135 Å². The molecule has 1 atom stereocenters. The fourth-order valence-corrected chi connectivity index (χ4v) is 2.35. The second-order valence-electron chi connectivity index (χ2n) is 5.73. The second-order valence-corrected chi connectivity index (χ2v) is 5.73. The highest BCUT2D eigenvalue weighted by molar-refractivity contribution is 6.92. The van der Waals surface area contributed by atoms with E-state index in [1.807, 2.05) is 0 Å². The van der Waals surface area contributed by atoms with Crippen LogP contribution in [0.5, 0.6) is 0 Å². The van der Waals surface area contributed by atoms with Crippen molar-refractivity contribution in [1.82, 2.24) is 0 Å². The summed E-state index contributed by atoms with van der Waals surface area (Å²) < 4.78 is 0. The molecular weight excluding hydrogens is 279 g/mol. The molecule has 2 nitrogen and oxygen atoms in total. The molecule has 3 heteroatoms. The van der Waals surface area contributed by atoms with Gasteiger partial charge in [-0.05, 0) is 32.1 Å². The van der Waals surface area contributed by atoms with Gasteiger partial charge in [0, 0.05) is 6.42 Å². The zero-order valence-corrected chi connectivity index (χ0v) is 15.5. The van der Waals surface area contributed by atoms with Crippen LogP contribution in [0.1, 0.15) is 96.8 Å². The highest BCUT2D eigenvalue weighted by atomic mass is 31.0. The maximum atomic E-state index is 10.3. The van der Waals surface area contributed by atoms with Gasteiger partial charge in [-0.1, -0.05) is 70.4 Å².